The van der Waals surface area contributed by atoms with E-state index in [0.29, 0.717) is 18.1 Å². The second-order valence-electron chi connectivity index (χ2n) is 5.01. The highest BCUT2D eigenvalue weighted by atomic mass is 35.5. The van der Waals surface area contributed by atoms with Crippen LogP contribution in [-0.4, -0.2) is 31.7 Å². The molecule has 2 rings (SSSR count). The summed E-state index contributed by atoms with van der Waals surface area (Å²) >= 11 is 6.00. The van der Waals surface area contributed by atoms with Gasteiger partial charge in [-0.25, -0.2) is 0 Å². The molecule has 1 amide bonds. The van der Waals surface area contributed by atoms with Crippen LogP contribution < -0.4 is 10.6 Å². The van der Waals surface area contributed by atoms with Crippen LogP contribution in [0.4, 0.5) is 0 Å². The van der Waals surface area contributed by atoms with Crippen molar-refractivity contribution in [2.45, 2.75) is 31.8 Å². The van der Waals surface area contributed by atoms with Gasteiger partial charge >= 0.3 is 0 Å². The average molecular weight is 297 g/mol. The zero-order valence-corrected chi connectivity index (χ0v) is 12.5. The van der Waals surface area contributed by atoms with Gasteiger partial charge in [0.25, 0.3) is 0 Å². The summed E-state index contributed by atoms with van der Waals surface area (Å²) in [4.78, 5) is 12.1. The van der Waals surface area contributed by atoms with Crippen LogP contribution in [0.25, 0.3) is 0 Å². The lowest BCUT2D eigenvalue weighted by atomic mass is 10.0. The number of nitrogens with one attached hydrogen (secondary N) is 2. The Morgan fingerprint density at radius 1 is 1.60 bits per heavy atom. The molecule has 4 nitrogen and oxygen atoms in total. The van der Waals surface area contributed by atoms with Crippen molar-refractivity contribution in [3.8, 4) is 0 Å². The summed E-state index contributed by atoms with van der Waals surface area (Å²) in [5.41, 5.74) is 1.04. The minimum Gasteiger partial charge on any atom is -0.378 e. The minimum absolute atomic E-state index is 0.00529. The summed E-state index contributed by atoms with van der Waals surface area (Å²) < 4.78 is 5.35. The Morgan fingerprint density at radius 3 is 3.10 bits per heavy atom. The first-order valence-corrected chi connectivity index (χ1v) is 7.42. The lowest BCUT2D eigenvalue weighted by Gasteiger charge is -2.24. The van der Waals surface area contributed by atoms with E-state index in [-0.39, 0.29) is 18.0 Å². The summed E-state index contributed by atoms with van der Waals surface area (Å²) in [6.45, 7) is 4.18. The zero-order chi connectivity index (χ0) is 14.4. The molecule has 1 aromatic carbocycles. The highest BCUT2D eigenvalue weighted by molar-refractivity contribution is 6.30. The van der Waals surface area contributed by atoms with Crippen LogP contribution in [0.5, 0.6) is 0 Å². The molecule has 0 spiro atoms. The van der Waals surface area contributed by atoms with Crippen molar-refractivity contribution in [1.82, 2.24) is 10.6 Å². The van der Waals surface area contributed by atoms with Crippen molar-refractivity contribution in [3.05, 3.63) is 34.9 Å². The zero-order valence-electron chi connectivity index (χ0n) is 11.7. The molecule has 2 N–H and O–H groups in total. The third-order valence-electron chi connectivity index (χ3n) is 3.42. The van der Waals surface area contributed by atoms with Gasteiger partial charge in [0.15, 0.2) is 0 Å². The summed E-state index contributed by atoms with van der Waals surface area (Å²) in [6, 6.07) is 7.75. The molecule has 0 bridgehead atoms. The number of carbonyl (C=O) groups excluding carboxylic acids is 1. The SMILES string of the molecule is CCC(NC(=O)CC1COCCN1)c1cccc(Cl)c1. The second kappa shape index (κ2) is 7.62. The lowest BCUT2D eigenvalue weighted by Crippen LogP contribution is -2.44. The van der Waals surface area contributed by atoms with Crippen molar-refractivity contribution in [1.29, 1.82) is 0 Å². The van der Waals surface area contributed by atoms with E-state index in [1.54, 1.807) is 0 Å². The first-order chi connectivity index (χ1) is 9.69. The predicted molar refractivity (Wildman–Crippen MR) is 79.9 cm³/mol. The number of rotatable bonds is 5. The Bertz CT molecular complexity index is 447. The largest absolute Gasteiger partial charge is 0.378 e. The number of hydrogen-bond donors (Lipinski definition) is 2. The molecule has 1 aliphatic heterocycles. The number of halogens is 1. The Kier molecular flexibility index (Phi) is 5.83. The third kappa shape index (κ3) is 4.47. The van der Waals surface area contributed by atoms with Gasteiger partial charge in [0.2, 0.25) is 5.91 Å². The van der Waals surface area contributed by atoms with E-state index in [2.05, 4.69) is 10.6 Å². The predicted octanol–water partition coefficient (Wildman–Crippen LogP) is 2.29. The lowest BCUT2D eigenvalue weighted by molar-refractivity contribution is -0.123. The molecule has 0 aromatic heterocycles. The van der Waals surface area contributed by atoms with E-state index in [1.807, 2.05) is 31.2 Å². The maximum absolute atomic E-state index is 12.1. The maximum Gasteiger partial charge on any atom is 0.222 e. The fourth-order valence-corrected chi connectivity index (χ4v) is 2.57. The van der Waals surface area contributed by atoms with Crippen LogP contribution >= 0.6 is 11.6 Å². The fraction of sp³-hybridized carbons (Fsp3) is 0.533. The van der Waals surface area contributed by atoms with Crippen molar-refractivity contribution < 1.29 is 9.53 Å². The molecular formula is C15H21ClN2O2. The van der Waals surface area contributed by atoms with Gasteiger partial charge in [0.1, 0.15) is 0 Å². The third-order valence-corrected chi connectivity index (χ3v) is 3.66. The van der Waals surface area contributed by atoms with Crippen molar-refractivity contribution in [2.75, 3.05) is 19.8 Å². The number of carbonyl (C=O) groups is 1. The van der Waals surface area contributed by atoms with E-state index in [9.17, 15) is 4.79 Å². The molecule has 0 aliphatic carbocycles. The quantitative estimate of drug-likeness (QED) is 0.876. The molecule has 2 unspecified atom stereocenters. The van der Waals surface area contributed by atoms with Crippen molar-refractivity contribution in [2.24, 2.45) is 0 Å². The molecule has 1 aliphatic rings. The van der Waals surface area contributed by atoms with Crippen LogP contribution in [0.15, 0.2) is 24.3 Å². The number of morpholine rings is 1. The Balaban J connectivity index is 1.90. The molecule has 1 heterocycles. The van der Waals surface area contributed by atoms with E-state index < -0.39 is 0 Å². The Hall–Kier alpha value is -1.10. The van der Waals surface area contributed by atoms with Crippen LogP contribution in [0, 0.1) is 0 Å². The van der Waals surface area contributed by atoms with Crippen molar-refractivity contribution in [3.63, 3.8) is 0 Å². The van der Waals surface area contributed by atoms with Gasteiger partial charge in [0.05, 0.1) is 19.3 Å². The van der Waals surface area contributed by atoms with Crippen LogP contribution in [0.2, 0.25) is 5.02 Å². The van der Waals surface area contributed by atoms with Gasteiger partial charge < -0.3 is 15.4 Å². The molecule has 1 aromatic rings. The second-order valence-corrected chi connectivity index (χ2v) is 5.45. The first kappa shape index (κ1) is 15.3. The Labute approximate surface area is 124 Å². The standard InChI is InChI=1S/C15H21ClN2O2/c1-2-14(11-4-3-5-12(16)8-11)18-15(19)9-13-10-20-7-6-17-13/h3-5,8,13-14,17H,2,6-7,9-10H2,1H3,(H,18,19). The molecule has 20 heavy (non-hydrogen) atoms. The van der Waals surface area contributed by atoms with Crippen LogP contribution in [-0.2, 0) is 9.53 Å². The molecular weight excluding hydrogens is 276 g/mol. The number of hydrogen-bond acceptors (Lipinski definition) is 3. The summed E-state index contributed by atoms with van der Waals surface area (Å²) in [6.07, 6.45) is 1.28. The minimum atomic E-state index is 0.00529. The molecule has 0 radical (unpaired) electrons. The summed E-state index contributed by atoms with van der Waals surface area (Å²) in [5, 5.41) is 7.04. The van der Waals surface area contributed by atoms with Gasteiger partial charge in [0, 0.05) is 24.0 Å². The maximum atomic E-state index is 12.1. The average Bonchev–Trinajstić information content (AvgIpc) is 2.46. The van der Waals surface area contributed by atoms with Gasteiger partial charge in [-0.2, -0.15) is 0 Å². The number of benzene rings is 1. The molecule has 1 fully saturated rings. The normalized spacial score (nSPS) is 20.4. The molecule has 5 heteroatoms. The van der Waals surface area contributed by atoms with Crippen molar-refractivity contribution >= 4 is 17.5 Å². The van der Waals surface area contributed by atoms with E-state index >= 15 is 0 Å². The molecule has 0 saturated carbocycles. The van der Waals surface area contributed by atoms with Gasteiger partial charge in [-0.3, -0.25) is 4.79 Å². The molecule has 1 saturated heterocycles. The monoisotopic (exact) mass is 296 g/mol. The van der Waals surface area contributed by atoms with Gasteiger partial charge in [-0.1, -0.05) is 30.7 Å². The number of ether oxygens (including phenoxy) is 1. The van der Waals surface area contributed by atoms with E-state index in [0.717, 1.165) is 25.1 Å². The first-order valence-electron chi connectivity index (χ1n) is 7.05. The van der Waals surface area contributed by atoms with Crippen LogP contribution in [0.3, 0.4) is 0 Å². The summed E-state index contributed by atoms with van der Waals surface area (Å²) in [7, 11) is 0. The molecule has 110 valence electrons. The Morgan fingerprint density at radius 2 is 2.45 bits per heavy atom. The van der Waals surface area contributed by atoms with Crippen LogP contribution in [0.1, 0.15) is 31.4 Å². The smallest absolute Gasteiger partial charge is 0.222 e. The number of amides is 1. The van der Waals surface area contributed by atoms with E-state index in [1.165, 1.54) is 0 Å². The highest BCUT2D eigenvalue weighted by Gasteiger charge is 2.19. The summed E-state index contributed by atoms with van der Waals surface area (Å²) in [5.74, 6) is 0.0415. The molecule has 2 atom stereocenters. The fourth-order valence-electron chi connectivity index (χ4n) is 2.37. The topological polar surface area (TPSA) is 50.4 Å². The van der Waals surface area contributed by atoms with Gasteiger partial charge in [-0.15, -0.1) is 0 Å². The van der Waals surface area contributed by atoms with E-state index in [4.69, 9.17) is 16.3 Å². The van der Waals surface area contributed by atoms with Gasteiger partial charge in [-0.05, 0) is 24.1 Å². The highest BCUT2D eigenvalue weighted by Crippen LogP contribution is 2.20.